The van der Waals surface area contributed by atoms with Gasteiger partial charge < -0.3 is 19.5 Å². The summed E-state index contributed by atoms with van der Waals surface area (Å²) in [7, 11) is 1.48. The van der Waals surface area contributed by atoms with Gasteiger partial charge in [0.25, 0.3) is 5.90 Å². The summed E-state index contributed by atoms with van der Waals surface area (Å²) in [5, 5.41) is 18.5. The fourth-order valence-corrected chi connectivity index (χ4v) is 2.45. The number of hydrogen-bond donors (Lipinski definition) is 1. The normalized spacial score (nSPS) is 17.7. The first-order chi connectivity index (χ1) is 11.4. The first-order valence-electron chi connectivity index (χ1n) is 8.31. The maximum Gasteiger partial charge on any atom is 0.286 e. The summed E-state index contributed by atoms with van der Waals surface area (Å²) in [4.78, 5) is 10.6. The summed E-state index contributed by atoms with van der Waals surface area (Å²) in [5.41, 5.74) is 3.83. The average molecular weight is 348 g/mol. The SMILES string of the molecule is CON=C1/C(=N\OC(C)(C)C(C)(C)O)Oc2c(C)c(C)c(C)c(C)c21. The van der Waals surface area contributed by atoms with E-state index < -0.39 is 11.2 Å². The fourth-order valence-electron chi connectivity index (χ4n) is 2.45. The van der Waals surface area contributed by atoms with Crippen LogP contribution in [0.1, 0.15) is 55.5 Å². The highest BCUT2D eigenvalue weighted by Crippen LogP contribution is 2.38. The van der Waals surface area contributed by atoms with Gasteiger partial charge in [-0.2, -0.15) is 0 Å². The molecule has 1 aliphatic heterocycles. The van der Waals surface area contributed by atoms with E-state index in [2.05, 4.69) is 24.2 Å². The highest BCUT2D eigenvalue weighted by Gasteiger charge is 2.39. The molecule has 0 aromatic heterocycles. The van der Waals surface area contributed by atoms with Gasteiger partial charge in [-0.15, -0.1) is 0 Å². The van der Waals surface area contributed by atoms with Crippen molar-refractivity contribution in [3.63, 3.8) is 0 Å². The molecule has 6 heteroatoms. The van der Waals surface area contributed by atoms with Crippen molar-refractivity contribution in [1.29, 1.82) is 0 Å². The van der Waals surface area contributed by atoms with Crippen LogP contribution in [-0.2, 0) is 9.68 Å². The fraction of sp³-hybridized carbons (Fsp3) is 0.579. The molecule has 2 rings (SSSR count). The molecule has 1 N–H and O–H groups in total. The van der Waals surface area contributed by atoms with E-state index >= 15 is 0 Å². The lowest BCUT2D eigenvalue weighted by molar-refractivity contribution is -0.147. The Labute approximate surface area is 149 Å². The quantitative estimate of drug-likeness (QED) is 0.845. The minimum atomic E-state index is -1.08. The van der Waals surface area contributed by atoms with E-state index in [1.54, 1.807) is 27.7 Å². The summed E-state index contributed by atoms with van der Waals surface area (Å²) >= 11 is 0. The predicted molar refractivity (Wildman–Crippen MR) is 98.5 cm³/mol. The van der Waals surface area contributed by atoms with Gasteiger partial charge in [-0.25, -0.2) is 0 Å². The highest BCUT2D eigenvalue weighted by molar-refractivity contribution is 6.49. The van der Waals surface area contributed by atoms with Crippen molar-refractivity contribution in [1.82, 2.24) is 0 Å². The van der Waals surface area contributed by atoms with Gasteiger partial charge in [0.05, 0.1) is 5.56 Å². The van der Waals surface area contributed by atoms with E-state index in [1.807, 2.05) is 13.8 Å². The minimum Gasteiger partial charge on any atom is -0.434 e. The summed E-state index contributed by atoms with van der Waals surface area (Å²) < 4.78 is 5.96. The summed E-state index contributed by atoms with van der Waals surface area (Å²) in [6.07, 6.45) is 0. The zero-order valence-corrected chi connectivity index (χ0v) is 16.6. The number of hydrogen-bond acceptors (Lipinski definition) is 6. The van der Waals surface area contributed by atoms with E-state index in [1.165, 1.54) is 18.2 Å². The van der Waals surface area contributed by atoms with Gasteiger partial charge in [0, 0.05) is 0 Å². The monoisotopic (exact) mass is 348 g/mol. The molecule has 0 atom stereocenters. The standard InChI is InChI=1S/C19H28N2O4/c1-10-11(2)13(4)16-14(12(10)3)15(20-23-9)17(24-16)21-25-19(7,8)18(5,6)22/h22H,1-9H3/b20-15?,21-17+. The summed E-state index contributed by atoms with van der Waals surface area (Å²) in [5.74, 6) is 0.949. The molecule has 6 nitrogen and oxygen atoms in total. The van der Waals surface area contributed by atoms with E-state index in [-0.39, 0.29) is 5.90 Å². The van der Waals surface area contributed by atoms with Gasteiger partial charge in [-0.05, 0) is 82.8 Å². The molecule has 1 aliphatic rings. The Morgan fingerprint density at radius 3 is 1.96 bits per heavy atom. The first kappa shape index (κ1) is 19.2. The van der Waals surface area contributed by atoms with Crippen molar-refractivity contribution < 1.29 is 19.5 Å². The van der Waals surface area contributed by atoms with Crippen LogP contribution in [0.15, 0.2) is 10.3 Å². The van der Waals surface area contributed by atoms with Crippen LogP contribution < -0.4 is 4.74 Å². The zero-order chi connectivity index (χ0) is 19.2. The third-order valence-corrected chi connectivity index (χ3v) is 5.28. The number of ether oxygens (including phenoxy) is 1. The lowest BCUT2D eigenvalue weighted by Gasteiger charge is -2.34. The Hall–Kier alpha value is -2.08. The molecular weight excluding hydrogens is 320 g/mol. The highest BCUT2D eigenvalue weighted by atomic mass is 16.7. The predicted octanol–water partition coefficient (Wildman–Crippen LogP) is 3.54. The van der Waals surface area contributed by atoms with Gasteiger partial charge in [-0.1, -0.05) is 5.16 Å². The third-order valence-electron chi connectivity index (χ3n) is 5.28. The molecule has 0 saturated heterocycles. The lowest BCUT2D eigenvalue weighted by Crippen LogP contribution is -2.46. The lowest BCUT2D eigenvalue weighted by atomic mass is 9.90. The van der Waals surface area contributed by atoms with Crippen LogP contribution in [0.3, 0.4) is 0 Å². The average Bonchev–Trinajstić information content (AvgIpc) is 2.87. The van der Waals surface area contributed by atoms with E-state index in [0.717, 1.165) is 22.4 Å². The summed E-state index contributed by atoms with van der Waals surface area (Å²) in [6, 6.07) is 0. The van der Waals surface area contributed by atoms with Crippen LogP contribution in [0.25, 0.3) is 0 Å². The molecular formula is C19H28N2O4. The molecule has 0 unspecified atom stereocenters. The first-order valence-corrected chi connectivity index (χ1v) is 8.31. The molecule has 0 saturated carbocycles. The van der Waals surface area contributed by atoms with Crippen LogP contribution in [0.4, 0.5) is 0 Å². The Morgan fingerprint density at radius 1 is 0.880 bits per heavy atom. The Bertz CT molecular complexity index is 756. The van der Waals surface area contributed by atoms with Gasteiger partial charge in [0.2, 0.25) is 0 Å². The molecule has 1 heterocycles. The second-order valence-electron chi connectivity index (χ2n) is 7.49. The maximum absolute atomic E-state index is 10.2. The van der Waals surface area contributed by atoms with Crippen molar-refractivity contribution in [3.8, 4) is 5.75 Å². The molecule has 25 heavy (non-hydrogen) atoms. The molecule has 0 amide bonds. The third kappa shape index (κ3) is 3.23. The number of nitrogens with zero attached hydrogens (tertiary/aromatic N) is 2. The Kier molecular flexibility index (Phi) is 4.88. The number of aliphatic hydroxyl groups is 1. The van der Waals surface area contributed by atoms with Crippen LogP contribution >= 0.6 is 0 Å². The number of fused-ring (bicyclic) bond motifs is 1. The largest absolute Gasteiger partial charge is 0.434 e. The summed E-state index contributed by atoms with van der Waals surface area (Å²) in [6.45, 7) is 15.0. The Morgan fingerprint density at radius 2 is 1.44 bits per heavy atom. The molecule has 138 valence electrons. The van der Waals surface area contributed by atoms with Crippen LogP contribution in [-0.4, -0.2) is 35.0 Å². The van der Waals surface area contributed by atoms with Crippen LogP contribution in [0, 0.1) is 27.7 Å². The van der Waals surface area contributed by atoms with E-state index in [4.69, 9.17) is 14.4 Å². The topological polar surface area (TPSA) is 72.6 Å². The molecule has 1 aromatic rings. The molecule has 0 fully saturated rings. The number of benzene rings is 1. The number of oxime groups is 2. The van der Waals surface area contributed by atoms with Gasteiger partial charge >= 0.3 is 0 Å². The van der Waals surface area contributed by atoms with Crippen molar-refractivity contribution in [2.75, 3.05) is 7.11 Å². The van der Waals surface area contributed by atoms with Crippen molar-refractivity contribution in [3.05, 3.63) is 27.8 Å². The zero-order valence-electron chi connectivity index (χ0n) is 16.6. The van der Waals surface area contributed by atoms with Gasteiger partial charge in [-0.3, -0.25) is 0 Å². The Balaban J connectivity index is 2.54. The van der Waals surface area contributed by atoms with Crippen molar-refractivity contribution in [2.45, 2.75) is 66.6 Å². The maximum atomic E-state index is 10.2. The van der Waals surface area contributed by atoms with Crippen LogP contribution in [0.2, 0.25) is 0 Å². The van der Waals surface area contributed by atoms with Gasteiger partial charge in [0.1, 0.15) is 18.5 Å². The second-order valence-corrected chi connectivity index (χ2v) is 7.49. The molecule has 1 aromatic carbocycles. The molecule has 0 spiro atoms. The van der Waals surface area contributed by atoms with Crippen molar-refractivity contribution >= 4 is 11.6 Å². The van der Waals surface area contributed by atoms with Crippen molar-refractivity contribution in [2.24, 2.45) is 10.3 Å². The smallest absolute Gasteiger partial charge is 0.286 e. The van der Waals surface area contributed by atoms with E-state index in [9.17, 15) is 5.11 Å². The molecule has 0 bridgehead atoms. The molecule has 0 aliphatic carbocycles. The minimum absolute atomic E-state index is 0.227. The van der Waals surface area contributed by atoms with E-state index in [0.29, 0.717) is 5.71 Å². The van der Waals surface area contributed by atoms with Gasteiger partial charge in [0.15, 0.2) is 11.3 Å². The van der Waals surface area contributed by atoms with Crippen LogP contribution in [0.5, 0.6) is 5.75 Å². The number of rotatable bonds is 4. The second kappa shape index (κ2) is 6.33. The molecule has 0 radical (unpaired) electrons.